The first kappa shape index (κ1) is 16.8. The van der Waals surface area contributed by atoms with Crippen LogP contribution in [0.2, 0.25) is 10.0 Å². The van der Waals surface area contributed by atoms with E-state index in [-0.39, 0.29) is 24.8 Å². The molecule has 0 saturated carbocycles. The van der Waals surface area contributed by atoms with Crippen LogP contribution in [0.15, 0.2) is 42.5 Å². The van der Waals surface area contributed by atoms with Crippen molar-refractivity contribution in [3.63, 3.8) is 0 Å². The summed E-state index contributed by atoms with van der Waals surface area (Å²) < 4.78 is 0. The largest absolute Gasteiger partial charge is 0.326 e. The molecule has 2 aromatic rings. The van der Waals surface area contributed by atoms with Crippen molar-refractivity contribution in [1.29, 1.82) is 0 Å². The van der Waals surface area contributed by atoms with Crippen LogP contribution < -0.4 is 10.2 Å². The minimum absolute atomic E-state index is 0.138. The van der Waals surface area contributed by atoms with E-state index >= 15 is 0 Å². The summed E-state index contributed by atoms with van der Waals surface area (Å²) in [6, 6.07) is 12.6. The van der Waals surface area contributed by atoms with E-state index < -0.39 is 5.92 Å². The molecule has 0 bridgehead atoms. The molecule has 3 rings (SSSR count). The fourth-order valence-electron chi connectivity index (χ4n) is 2.81. The van der Waals surface area contributed by atoms with Crippen molar-refractivity contribution in [2.45, 2.75) is 13.3 Å². The quantitative estimate of drug-likeness (QED) is 0.884. The smallest absolute Gasteiger partial charge is 0.229 e. The standard InChI is InChI=1S/C18H16Cl2N2O2/c1-11-4-2-5-13(8-11)21-18(24)12-9-16(23)22(10-12)17-14(19)6-3-7-15(17)20/h2-8,12H,9-10H2,1H3,(H,21,24). The molecule has 1 atom stereocenters. The summed E-state index contributed by atoms with van der Waals surface area (Å²) in [5.74, 6) is -0.778. The number of hydrogen-bond acceptors (Lipinski definition) is 2. The van der Waals surface area contributed by atoms with E-state index in [9.17, 15) is 9.59 Å². The summed E-state index contributed by atoms with van der Waals surface area (Å²) in [7, 11) is 0. The fourth-order valence-corrected chi connectivity index (χ4v) is 3.41. The van der Waals surface area contributed by atoms with Crippen LogP contribution in [0, 0.1) is 12.8 Å². The molecule has 4 nitrogen and oxygen atoms in total. The summed E-state index contributed by atoms with van der Waals surface area (Å²) >= 11 is 12.3. The average Bonchev–Trinajstić information content (AvgIpc) is 2.89. The maximum absolute atomic E-state index is 12.5. The lowest BCUT2D eigenvalue weighted by atomic mass is 10.1. The van der Waals surface area contributed by atoms with Gasteiger partial charge < -0.3 is 10.2 Å². The molecule has 1 fully saturated rings. The fraction of sp³-hybridized carbons (Fsp3) is 0.222. The van der Waals surface area contributed by atoms with Crippen LogP contribution in [0.1, 0.15) is 12.0 Å². The molecule has 1 aliphatic heterocycles. The van der Waals surface area contributed by atoms with Crippen molar-refractivity contribution in [3.8, 4) is 0 Å². The van der Waals surface area contributed by atoms with Crippen LogP contribution in [0.4, 0.5) is 11.4 Å². The normalized spacial score (nSPS) is 17.2. The molecule has 1 unspecified atom stereocenters. The second-order valence-electron chi connectivity index (χ2n) is 5.83. The van der Waals surface area contributed by atoms with Crippen LogP contribution >= 0.6 is 23.2 Å². The first-order valence-corrected chi connectivity index (χ1v) is 8.33. The van der Waals surface area contributed by atoms with Crippen LogP contribution in [-0.2, 0) is 9.59 Å². The van der Waals surface area contributed by atoms with Gasteiger partial charge in [-0.15, -0.1) is 0 Å². The van der Waals surface area contributed by atoms with E-state index in [4.69, 9.17) is 23.2 Å². The summed E-state index contributed by atoms with van der Waals surface area (Å²) in [5, 5.41) is 3.66. The van der Waals surface area contributed by atoms with Crippen molar-refractivity contribution >= 4 is 46.4 Å². The van der Waals surface area contributed by atoms with Crippen molar-refractivity contribution in [2.75, 3.05) is 16.8 Å². The van der Waals surface area contributed by atoms with Crippen LogP contribution in [0.5, 0.6) is 0 Å². The highest BCUT2D eigenvalue weighted by Gasteiger charge is 2.36. The number of aryl methyl sites for hydroxylation is 1. The van der Waals surface area contributed by atoms with E-state index in [0.29, 0.717) is 15.7 Å². The molecule has 124 valence electrons. The van der Waals surface area contributed by atoms with E-state index in [1.165, 1.54) is 4.90 Å². The Balaban J connectivity index is 1.76. The molecular formula is C18H16Cl2N2O2. The zero-order valence-electron chi connectivity index (χ0n) is 13.1. The van der Waals surface area contributed by atoms with E-state index in [2.05, 4.69) is 5.32 Å². The van der Waals surface area contributed by atoms with Crippen molar-refractivity contribution < 1.29 is 9.59 Å². The van der Waals surface area contributed by atoms with Gasteiger partial charge in [-0.1, -0.05) is 41.4 Å². The first-order chi connectivity index (χ1) is 11.5. The number of nitrogens with zero attached hydrogens (tertiary/aromatic N) is 1. The number of amides is 2. The van der Waals surface area contributed by atoms with Crippen molar-refractivity contribution in [2.24, 2.45) is 5.92 Å². The number of carbonyl (C=O) groups excluding carboxylic acids is 2. The topological polar surface area (TPSA) is 49.4 Å². The number of halogens is 2. The third-order valence-electron chi connectivity index (χ3n) is 3.99. The number of hydrogen-bond donors (Lipinski definition) is 1. The van der Waals surface area contributed by atoms with E-state index in [1.54, 1.807) is 18.2 Å². The summed E-state index contributed by atoms with van der Waals surface area (Å²) in [6.07, 6.45) is 0.138. The van der Waals surface area contributed by atoms with Gasteiger partial charge in [0.25, 0.3) is 0 Å². The molecule has 24 heavy (non-hydrogen) atoms. The van der Waals surface area contributed by atoms with Crippen LogP contribution in [0.3, 0.4) is 0 Å². The molecule has 1 heterocycles. The Morgan fingerprint density at radius 1 is 1.17 bits per heavy atom. The highest BCUT2D eigenvalue weighted by atomic mass is 35.5. The van der Waals surface area contributed by atoms with Gasteiger partial charge in [0, 0.05) is 18.7 Å². The van der Waals surface area contributed by atoms with Gasteiger partial charge in [-0.25, -0.2) is 0 Å². The molecule has 1 aliphatic rings. The zero-order valence-corrected chi connectivity index (χ0v) is 14.6. The molecule has 0 radical (unpaired) electrons. The van der Waals surface area contributed by atoms with Gasteiger partial charge >= 0.3 is 0 Å². The second-order valence-corrected chi connectivity index (χ2v) is 6.65. The van der Waals surface area contributed by atoms with Crippen molar-refractivity contribution in [1.82, 2.24) is 0 Å². The Hall–Kier alpha value is -2.04. The first-order valence-electron chi connectivity index (χ1n) is 7.57. The van der Waals surface area contributed by atoms with Gasteiger partial charge in [-0.2, -0.15) is 0 Å². The van der Waals surface area contributed by atoms with Gasteiger partial charge in [-0.05, 0) is 36.8 Å². The Bertz CT molecular complexity index is 787. The number of rotatable bonds is 3. The highest BCUT2D eigenvalue weighted by molar-refractivity contribution is 6.40. The highest BCUT2D eigenvalue weighted by Crippen LogP contribution is 2.37. The molecule has 2 amide bonds. The Morgan fingerprint density at radius 2 is 1.83 bits per heavy atom. The Kier molecular flexibility index (Phi) is 4.78. The molecule has 2 aromatic carbocycles. The monoisotopic (exact) mass is 362 g/mol. The molecule has 0 spiro atoms. The summed E-state index contributed by atoms with van der Waals surface area (Å²) in [4.78, 5) is 26.3. The molecule has 1 saturated heterocycles. The average molecular weight is 363 g/mol. The van der Waals surface area contributed by atoms with Crippen LogP contribution in [-0.4, -0.2) is 18.4 Å². The third kappa shape index (κ3) is 3.40. The van der Waals surface area contributed by atoms with E-state index in [1.807, 2.05) is 31.2 Å². The maximum atomic E-state index is 12.5. The lowest BCUT2D eigenvalue weighted by Crippen LogP contribution is -2.28. The number of anilines is 2. The molecule has 0 aromatic heterocycles. The minimum Gasteiger partial charge on any atom is -0.326 e. The number of benzene rings is 2. The number of para-hydroxylation sites is 1. The Labute approximate surface area is 150 Å². The lowest BCUT2D eigenvalue weighted by Gasteiger charge is -2.19. The SMILES string of the molecule is Cc1cccc(NC(=O)C2CC(=O)N(c3c(Cl)cccc3Cl)C2)c1. The van der Waals surface area contributed by atoms with Gasteiger partial charge in [-0.3, -0.25) is 9.59 Å². The van der Waals surface area contributed by atoms with Gasteiger partial charge in [0.15, 0.2) is 0 Å². The number of carbonyl (C=O) groups is 2. The lowest BCUT2D eigenvalue weighted by molar-refractivity contribution is -0.122. The van der Waals surface area contributed by atoms with E-state index in [0.717, 1.165) is 11.3 Å². The van der Waals surface area contributed by atoms with Crippen molar-refractivity contribution in [3.05, 3.63) is 58.1 Å². The molecule has 1 N–H and O–H groups in total. The second kappa shape index (κ2) is 6.83. The predicted molar refractivity (Wildman–Crippen MR) is 96.7 cm³/mol. The number of nitrogens with one attached hydrogen (secondary N) is 1. The Morgan fingerprint density at radius 3 is 2.50 bits per heavy atom. The third-order valence-corrected chi connectivity index (χ3v) is 4.60. The predicted octanol–water partition coefficient (Wildman–Crippen LogP) is 4.29. The van der Waals surface area contributed by atoms with Gasteiger partial charge in [0.1, 0.15) is 0 Å². The maximum Gasteiger partial charge on any atom is 0.229 e. The molecule has 0 aliphatic carbocycles. The van der Waals surface area contributed by atoms with Gasteiger partial charge in [0.05, 0.1) is 21.7 Å². The van der Waals surface area contributed by atoms with Gasteiger partial charge in [0.2, 0.25) is 11.8 Å². The molecule has 6 heteroatoms. The summed E-state index contributed by atoms with van der Waals surface area (Å²) in [6.45, 7) is 2.22. The molecular weight excluding hydrogens is 347 g/mol. The summed E-state index contributed by atoms with van der Waals surface area (Å²) in [5.41, 5.74) is 2.25. The zero-order chi connectivity index (χ0) is 17.3. The van der Waals surface area contributed by atoms with Crippen LogP contribution in [0.25, 0.3) is 0 Å². The minimum atomic E-state index is -0.439.